The number of hydrogen-bond acceptors (Lipinski definition) is 1. The van der Waals surface area contributed by atoms with Gasteiger partial charge in [0.2, 0.25) is 0 Å². The van der Waals surface area contributed by atoms with Gasteiger partial charge in [-0.3, -0.25) is 0 Å². The molecule has 0 atom stereocenters. The van der Waals surface area contributed by atoms with Gasteiger partial charge in [0.15, 0.2) is 0 Å². The SMILES string of the molecule is FC(F)(F)n1c[c]cn1. The van der Waals surface area contributed by atoms with E-state index in [0.29, 0.717) is 0 Å². The molecule has 0 unspecified atom stereocenters. The van der Waals surface area contributed by atoms with Crippen LogP contribution in [0.15, 0.2) is 12.4 Å². The Morgan fingerprint density at radius 3 is 2.33 bits per heavy atom. The number of hydrogen-bond donors (Lipinski definition) is 0. The summed E-state index contributed by atoms with van der Waals surface area (Å²) in [5, 5.41) is 2.92. The molecule has 1 rings (SSSR count). The van der Waals surface area contributed by atoms with Gasteiger partial charge in [0.1, 0.15) is 0 Å². The maximum atomic E-state index is 11.5. The zero-order chi connectivity index (χ0) is 6.91. The Morgan fingerprint density at radius 2 is 2.11 bits per heavy atom. The standard InChI is InChI=1S/C4H2F3N2/c5-4(6,7)9-3-1-2-8-9/h2-3H. The van der Waals surface area contributed by atoms with Gasteiger partial charge in [-0.25, -0.2) is 0 Å². The Morgan fingerprint density at radius 1 is 1.44 bits per heavy atom. The third-order valence-electron chi connectivity index (χ3n) is 0.713. The van der Waals surface area contributed by atoms with E-state index < -0.39 is 6.30 Å². The Kier molecular flexibility index (Phi) is 1.19. The van der Waals surface area contributed by atoms with Gasteiger partial charge in [-0.2, -0.15) is 9.78 Å². The second kappa shape index (κ2) is 1.75. The summed E-state index contributed by atoms with van der Waals surface area (Å²) in [6.07, 6.45) is -2.73. The average molecular weight is 135 g/mol. The lowest BCUT2D eigenvalue weighted by Gasteiger charge is -2.02. The Labute approximate surface area is 48.9 Å². The highest BCUT2D eigenvalue weighted by atomic mass is 19.4. The monoisotopic (exact) mass is 135 g/mol. The van der Waals surface area contributed by atoms with E-state index in [-0.39, 0.29) is 4.68 Å². The van der Waals surface area contributed by atoms with Crippen molar-refractivity contribution >= 4 is 0 Å². The summed E-state index contributed by atoms with van der Waals surface area (Å²) in [7, 11) is 0. The fourth-order valence-electron chi connectivity index (χ4n) is 0.371. The summed E-state index contributed by atoms with van der Waals surface area (Å²) in [6.45, 7) is 0. The van der Waals surface area contributed by atoms with Crippen LogP contribution >= 0.6 is 0 Å². The third-order valence-corrected chi connectivity index (χ3v) is 0.713. The van der Waals surface area contributed by atoms with E-state index in [1.807, 2.05) is 0 Å². The van der Waals surface area contributed by atoms with Crippen LogP contribution in [0.4, 0.5) is 13.2 Å². The zero-order valence-electron chi connectivity index (χ0n) is 4.18. The predicted octanol–water partition coefficient (Wildman–Crippen LogP) is 1.16. The van der Waals surface area contributed by atoms with Gasteiger partial charge in [-0.1, -0.05) is 0 Å². The van der Waals surface area contributed by atoms with E-state index in [9.17, 15) is 13.2 Å². The van der Waals surface area contributed by atoms with Crippen molar-refractivity contribution in [3.63, 3.8) is 0 Å². The van der Waals surface area contributed by atoms with Gasteiger partial charge in [-0.15, -0.1) is 13.2 Å². The fourth-order valence-corrected chi connectivity index (χ4v) is 0.371. The molecule has 1 heterocycles. The van der Waals surface area contributed by atoms with Crippen LogP contribution in [0, 0.1) is 6.07 Å². The highest BCUT2D eigenvalue weighted by Gasteiger charge is 2.30. The molecule has 0 aliphatic rings. The molecule has 49 valence electrons. The van der Waals surface area contributed by atoms with Crippen LogP contribution in [0.1, 0.15) is 0 Å². The smallest absolute Gasteiger partial charge is 0.178 e. The maximum absolute atomic E-state index is 11.5. The summed E-state index contributed by atoms with van der Waals surface area (Å²) in [5.74, 6) is 0. The van der Waals surface area contributed by atoms with Crippen LogP contribution in [0.5, 0.6) is 0 Å². The topological polar surface area (TPSA) is 17.8 Å². The number of alkyl halides is 3. The van der Waals surface area contributed by atoms with Crippen LogP contribution in [0.3, 0.4) is 0 Å². The van der Waals surface area contributed by atoms with Crippen molar-refractivity contribution in [3.8, 4) is 0 Å². The number of rotatable bonds is 0. The van der Waals surface area contributed by atoms with Crippen molar-refractivity contribution in [1.29, 1.82) is 0 Å². The molecule has 2 nitrogen and oxygen atoms in total. The minimum Gasteiger partial charge on any atom is -0.178 e. The second-order valence-electron chi connectivity index (χ2n) is 1.35. The molecular formula is C4H2F3N2. The van der Waals surface area contributed by atoms with Gasteiger partial charge < -0.3 is 0 Å². The molecule has 1 aromatic heterocycles. The highest BCUT2D eigenvalue weighted by molar-refractivity contribution is 4.75. The summed E-state index contributed by atoms with van der Waals surface area (Å²) < 4.78 is 34.4. The Hall–Kier alpha value is -1.00. The summed E-state index contributed by atoms with van der Waals surface area (Å²) in [6, 6.07) is 2.17. The van der Waals surface area contributed by atoms with E-state index in [0.717, 1.165) is 12.4 Å². The van der Waals surface area contributed by atoms with Gasteiger partial charge in [0, 0.05) is 12.3 Å². The van der Waals surface area contributed by atoms with Crippen molar-refractivity contribution < 1.29 is 13.2 Å². The number of nitrogens with zero attached hydrogens (tertiary/aromatic N) is 2. The summed E-state index contributed by atoms with van der Waals surface area (Å²) >= 11 is 0. The molecule has 5 heteroatoms. The van der Waals surface area contributed by atoms with Gasteiger partial charge >= 0.3 is 6.30 Å². The molecule has 0 amide bonds. The number of halogens is 3. The van der Waals surface area contributed by atoms with E-state index in [1.165, 1.54) is 0 Å². The van der Waals surface area contributed by atoms with Crippen molar-refractivity contribution in [1.82, 2.24) is 9.78 Å². The van der Waals surface area contributed by atoms with Crippen LogP contribution in [-0.4, -0.2) is 9.78 Å². The molecule has 0 aliphatic carbocycles. The van der Waals surface area contributed by atoms with Gasteiger partial charge in [-0.05, 0) is 0 Å². The predicted molar refractivity (Wildman–Crippen MR) is 22.4 cm³/mol. The molecule has 1 aromatic rings. The largest absolute Gasteiger partial charge is 0.504 e. The number of aromatic nitrogens is 2. The van der Waals surface area contributed by atoms with Crippen molar-refractivity contribution in [3.05, 3.63) is 18.5 Å². The minimum absolute atomic E-state index is 0.118. The quantitative estimate of drug-likeness (QED) is 0.521. The third kappa shape index (κ3) is 1.22. The molecule has 0 aliphatic heterocycles. The Balaban J connectivity index is 2.90. The first kappa shape index (κ1) is 6.12. The zero-order valence-corrected chi connectivity index (χ0v) is 4.18. The molecule has 0 fully saturated rings. The molecular weight excluding hydrogens is 133 g/mol. The van der Waals surface area contributed by atoms with Gasteiger partial charge in [0.25, 0.3) is 0 Å². The molecule has 0 aromatic carbocycles. The maximum Gasteiger partial charge on any atom is 0.504 e. The molecule has 0 saturated carbocycles. The molecule has 9 heavy (non-hydrogen) atoms. The lowest BCUT2D eigenvalue weighted by molar-refractivity contribution is -0.212. The van der Waals surface area contributed by atoms with Crippen LogP contribution in [0.25, 0.3) is 0 Å². The minimum atomic E-state index is -4.40. The highest BCUT2D eigenvalue weighted by Crippen LogP contribution is 2.19. The van der Waals surface area contributed by atoms with E-state index in [4.69, 9.17) is 0 Å². The fraction of sp³-hybridized carbons (Fsp3) is 0.250. The molecule has 1 radical (unpaired) electrons. The molecule has 0 bridgehead atoms. The Bertz CT molecular complexity index is 176. The van der Waals surface area contributed by atoms with Gasteiger partial charge in [0.05, 0.1) is 6.20 Å². The van der Waals surface area contributed by atoms with Crippen LogP contribution < -0.4 is 0 Å². The normalized spacial score (nSPS) is 11.9. The van der Waals surface area contributed by atoms with Crippen molar-refractivity contribution in [2.45, 2.75) is 6.30 Å². The molecule has 0 spiro atoms. The second-order valence-corrected chi connectivity index (χ2v) is 1.35. The van der Waals surface area contributed by atoms with Crippen molar-refractivity contribution in [2.24, 2.45) is 0 Å². The first-order chi connectivity index (χ1) is 4.11. The molecule has 0 saturated heterocycles. The molecule has 0 N–H and O–H groups in total. The lowest BCUT2D eigenvalue weighted by Crippen LogP contribution is -2.16. The van der Waals surface area contributed by atoms with Crippen molar-refractivity contribution in [2.75, 3.05) is 0 Å². The summed E-state index contributed by atoms with van der Waals surface area (Å²) in [5.41, 5.74) is 0. The van der Waals surface area contributed by atoms with Crippen LogP contribution in [0.2, 0.25) is 0 Å². The first-order valence-corrected chi connectivity index (χ1v) is 2.08. The van der Waals surface area contributed by atoms with Crippen LogP contribution in [-0.2, 0) is 6.30 Å². The average Bonchev–Trinajstić information content (AvgIpc) is 2.08. The van der Waals surface area contributed by atoms with E-state index in [2.05, 4.69) is 11.2 Å². The van der Waals surface area contributed by atoms with E-state index >= 15 is 0 Å². The summed E-state index contributed by atoms with van der Waals surface area (Å²) in [4.78, 5) is 0. The first-order valence-electron chi connectivity index (χ1n) is 2.08. The van der Waals surface area contributed by atoms with E-state index in [1.54, 1.807) is 0 Å². The lowest BCUT2D eigenvalue weighted by atomic mass is 10.8.